The molecule has 1 N–H and O–H groups in total. The molecule has 5 nitrogen and oxygen atoms in total. The second kappa shape index (κ2) is 5.20. The second-order valence-electron chi connectivity index (χ2n) is 3.75. The zero-order chi connectivity index (χ0) is 14.0. The van der Waals surface area contributed by atoms with E-state index in [-0.39, 0.29) is 22.1 Å². The van der Waals surface area contributed by atoms with Crippen molar-refractivity contribution in [1.82, 2.24) is 9.55 Å². The highest BCUT2D eigenvalue weighted by Gasteiger charge is 2.09. The third-order valence-electron chi connectivity index (χ3n) is 2.53. The van der Waals surface area contributed by atoms with Crippen molar-refractivity contribution in [2.75, 3.05) is 0 Å². The van der Waals surface area contributed by atoms with Gasteiger partial charge >= 0.3 is 5.69 Å². The van der Waals surface area contributed by atoms with Crippen LogP contribution in [0.3, 0.4) is 0 Å². The molecule has 2 aromatic rings. The Morgan fingerprint density at radius 1 is 1.42 bits per heavy atom. The van der Waals surface area contributed by atoms with Crippen LogP contribution in [0.2, 0.25) is 0 Å². The molecule has 0 fully saturated rings. The van der Waals surface area contributed by atoms with Gasteiger partial charge in [-0.05, 0) is 28.1 Å². The van der Waals surface area contributed by atoms with Gasteiger partial charge in [-0.1, -0.05) is 6.07 Å². The Hall–Kier alpha value is -2.20. The molecule has 0 saturated carbocycles. The first-order valence-electron chi connectivity index (χ1n) is 5.19. The molecule has 0 amide bonds. The summed E-state index contributed by atoms with van der Waals surface area (Å²) in [6, 6.07) is 5.67. The largest absolute Gasteiger partial charge is 0.328 e. The SMILES string of the molecule is N#Cc1ccc(Cn2c(=O)[nH]cc(Br)c2=O)c(F)c1. The fourth-order valence-corrected chi connectivity index (χ4v) is 1.87. The molecule has 2 rings (SSSR count). The Bertz CT molecular complexity index is 789. The fourth-order valence-electron chi connectivity index (χ4n) is 1.54. The van der Waals surface area contributed by atoms with Crippen molar-refractivity contribution in [3.05, 3.63) is 66.7 Å². The van der Waals surface area contributed by atoms with E-state index in [0.29, 0.717) is 0 Å². The van der Waals surface area contributed by atoms with Crippen molar-refractivity contribution in [3.8, 4) is 6.07 Å². The molecule has 1 aromatic heterocycles. The highest BCUT2D eigenvalue weighted by atomic mass is 79.9. The molecule has 0 atom stereocenters. The highest BCUT2D eigenvalue weighted by molar-refractivity contribution is 9.10. The molecule has 96 valence electrons. The number of halogens is 2. The maximum atomic E-state index is 13.7. The monoisotopic (exact) mass is 323 g/mol. The molecule has 0 saturated heterocycles. The Kier molecular flexibility index (Phi) is 3.62. The maximum absolute atomic E-state index is 13.7. The molecule has 0 aliphatic rings. The van der Waals surface area contributed by atoms with Gasteiger partial charge in [-0.3, -0.25) is 9.36 Å². The van der Waals surface area contributed by atoms with Crippen molar-refractivity contribution < 1.29 is 4.39 Å². The molecule has 0 radical (unpaired) electrons. The number of hydrogen-bond acceptors (Lipinski definition) is 3. The summed E-state index contributed by atoms with van der Waals surface area (Å²) in [5.41, 5.74) is -0.842. The average molecular weight is 324 g/mol. The van der Waals surface area contributed by atoms with Crippen LogP contribution in [0.5, 0.6) is 0 Å². The van der Waals surface area contributed by atoms with Crippen molar-refractivity contribution in [2.45, 2.75) is 6.54 Å². The van der Waals surface area contributed by atoms with E-state index in [1.54, 1.807) is 6.07 Å². The van der Waals surface area contributed by atoms with E-state index in [0.717, 1.165) is 10.6 Å². The minimum Gasteiger partial charge on any atom is -0.313 e. The van der Waals surface area contributed by atoms with E-state index < -0.39 is 17.1 Å². The van der Waals surface area contributed by atoms with Gasteiger partial charge < -0.3 is 4.98 Å². The summed E-state index contributed by atoms with van der Waals surface area (Å²) >= 11 is 2.99. The third kappa shape index (κ3) is 2.63. The molecule has 0 aliphatic carbocycles. The number of rotatable bonds is 2. The summed E-state index contributed by atoms with van der Waals surface area (Å²) in [5, 5.41) is 8.63. The summed E-state index contributed by atoms with van der Waals surface area (Å²) in [6.45, 7) is -0.203. The summed E-state index contributed by atoms with van der Waals surface area (Å²) in [7, 11) is 0. The van der Waals surface area contributed by atoms with Gasteiger partial charge in [-0.15, -0.1) is 0 Å². The van der Waals surface area contributed by atoms with Crippen molar-refractivity contribution in [3.63, 3.8) is 0 Å². The number of H-pyrrole nitrogens is 1. The van der Waals surface area contributed by atoms with Crippen molar-refractivity contribution >= 4 is 15.9 Å². The van der Waals surface area contributed by atoms with Crippen LogP contribution in [0.1, 0.15) is 11.1 Å². The zero-order valence-corrected chi connectivity index (χ0v) is 11.1. The lowest BCUT2D eigenvalue weighted by atomic mass is 10.1. The number of aromatic amines is 1. The third-order valence-corrected chi connectivity index (χ3v) is 3.10. The normalized spacial score (nSPS) is 10.2. The second-order valence-corrected chi connectivity index (χ2v) is 4.61. The molecule has 1 heterocycles. The first-order valence-corrected chi connectivity index (χ1v) is 5.99. The van der Waals surface area contributed by atoms with E-state index in [9.17, 15) is 14.0 Å². The standard InChI is InChI=1S/C12H7BrFN3O2/c13-9-5-16-12(19)17(11(9)18)6-8-2-1-7(4-15)3-10(8)14/h1-3,5H,6H2,(H,16,19). The smallest absolute Gasteiger partial charge is 0.313 e. The predicted molar refractivity (Wildman–Crippen MR) is 69.2 cm³/mol. The van der Waals surface area contributed by atoms with Crippen molar-refractivity contribution in [2.24, 2.45) is 0 Å². The van der Waals surface area contributed by atoms with E-state index in [4.69, 9.17) is 5.26 Å². The molecular weight excluding hydrogens is 317 g/mol. The Balaban J connectivity index is 2.49. The van der Waals surface area contributed by atoms with Gasteiger partial charge in [-0.2, -0.15) is 5.26 Å². The molecule has 7 heteroatoms. The van der Waals surface area contributed by atoms with Gasteiger partial charge in [0.15, 0.2) is 0 Å². The Morgan fingerprint density at radius 2 is 2.16 bits per heavy atom. The summed E-state index contributed by atoms with van der Waals surface area (Å²) in [5.74, 6) is -0.634. The summed E-state index contributed by atoms with van der Waals surface area (Å²) < 4.78 is 14.7. The van der Waals surface area contributed by atoms with Gasteiger partial charge in [0.2, 0.25) is 0 Å². The average Bonchev–Trinajstić information content (AvgIpc) is 2.40. The van der Waals surface area contributed by atoms with E-state index in [2.05, 4.69) is 20.9 Å². The van der Waals surface area contributed by atoms with Crippen LogP contribution < -0.4 is 11.2 Å². The van der Waals surface area contributed by atoms with Crippen LogP contribution in [0, 0.1) is 17.1 Å². The number of nitrogens with one attached hydrogen (secondary N) is 1. The van der Waals surface area contributed by atoms with Crippen LogP contribution in [-0.4, -0.2) is 9.55 Å². The van der Waals surface area contributed by atoms with Crippen LogP contribution in [0.25, 0.3) is 0 Å². The fraction of sp³-hybridized carbons (Fsp3) is 0.0833. The Morgan fingerprint density at radius 3 is 2.79 bits per heavy atom. The minimum atomic E-state index is -0.634. The summed E-state index contributed by atoms with van der Waals surface area (Å²) in [6.07, 6.45) is 1.23. The molecule has 1 aromatic carbocycles. The lowest BCUT2D eigenvalue weighted by Crippen LogP contribution is -2.35. The quantitative estimate of drug-likeness (QED) is 0.906. The lowest BCUT2D eigenvalue weighted by Gasteiger charge is -2.06. The van der Waals surface area contributed by atoms with E-state index in [1.807, 2.05) is 0 Å². The van der Waals surface area contributed by atoms with Gasteiger partial charge in [0, 0.05) is 11.8 Å². The van der Waals surface area contributed by atoms with Gasteiger partial charge in [0.25, 0.3) is 5.56 Å². The first-order chi connectivity index (χ1) is 9.02. The van der Waals surface area contributed by atoms with Crippen LogP contribution in [0.15, 0.2) is 38.5 Å². The Labute approximate surface area is 115 Å². The minimum absolute atomic E-state index is 0.157. The molecular formula is C12H7BrFN3O2. The number of benzene rings is 1. The molecule has 0 aliphatic heterocycles. The number of aromatic nitrogens is 2. The number of hydrogen-bond donors (Lipinski definition) is 1. The zero-order valence-electron chi connectivity index (χ0n) is 9.48. The lowest BCUT2D eigenvalue weighted by molar-refractivity contribution is 0.587. The first kappa shape index (κ1) is 13.2. The number of nitrogens with zero attached hydrogens (tertiary/aromatic N) is 2. The highest BCUT2D eigenvalue weighted by Crippen LogP contribution is 2.10. The van der Waals surface area contributed by atoms with Gasteiger partial charge in [0.05, 0.1) is 22.7 Å². The topological polar surface area (TPSA) is 78.7 Å². The summed E-state index contributed by atoms with van der Waals surface area (Å²) in [4.78, 5) is 25.6. The predicted octanol–water partition coefficient (Wildman–Crippen LogP) is 1.36. The molecule has 19 heavy (non-hydrogen) atoms. The number of nitriles is 1. The van der Waals surface area contributed by atoms with E-state index >= 15 is 0 Å². The van der Waals surface area contributed by atoms with Crippen molar-refractivity contribution in [1.29, 1.82) is 5.26 Å². The molecule has 0 unspecified atom stereocenters. The maximum Gasteiger partial charge on any atom is 0.328 e. The van der Waals surface area contributed by atoms with Crippen LogP contribution in [-0.2, 0) is 6.54 Å². The molecule has 0 bridgehead atoms. The van der Waals surface area contributed by atoms with Gasteiger partial charge in [-0.25, -0.2) is 9.18 Å². The van der Waals surface area contributed by atoms with Crippen LogP contribution >= 0.6 is 15.9 Å². The van der Waals surface area contributed by atoms with Crippen LogP contribution in [0.4, 0.5) is 4.39 Å². The van der Waals surface area contributed by atoms with E-state index in [1.165, 1.54) is 18.3 Å². The van der Waals surface area contributed by atoms with Gasteiger partial charge in [0.1, 0.15) is 5.82 Å². The molecule has 0 spiro atoms.